The molecule has 1 aliphatic carbocycles. The van der Waals surface area contributed by atoms with Crippen LogP contribution in [0.2, 0.25) is 18.1 Å². The molecule has 4 heteroatoms. The highest BCUT2D eigenvalue weighted by atomic mass is 28.4. The topological polar surface area (TPSA) is 38.3 Å². The third-order valence-electron chi connectivity index (χ3n) is 6.89. The fraction of sp³-hybridized carbons (Fsp3) is 0.500. The third-order valence-corrected chi connectivity index (χ3v) is 11.2. The third kappa shape index (κ3) is 4.64. The standard InChI is InChI=1S/C26H37NO2Si/c1-26(2,3)30(5,6)29-22-18-17-21(25(28)20-15-11-8-12-16-20)23(24(22)27-4)19-13-9-7-10-14-19/h7,9-10,13-14,17-18,20,27H,8,11-12,15-16H2,1-6H3. The summed E-state index contributed by atoms with van der Waals surface area (Å²) in [5, 5.41) is 3.48. The van der Waals surface area contributed by atoms with Crippen LogP contribution < -0.4 is 9.74 Å². The van der Waals surface area contributed by atoms with Crippen LogP contribution in [0.5, 0.6) is 5.75 Å². The van der Waals surface area contributed by atoms with Crippen LogP contribution in [0.15, 0.2) is 42.5 Å². The van der Waals surface area contributed by atoms with Gasteiger partial charge in [-0.3, -0.25) is 4.79 Å². The van der Waals surface area contributed by atoms with Gasteiger partial charge in [-0.1, -0.05) is 70.4 Å². The highest BCUT2D eigenvalue weighted by Crippen LogP contribution is 2.44. The lowest BCUT2D eigenvalue weighted by Crippen LogP contribution is -2.44. The number of ketones is 1. The number of rotatable bonds is 6. The van der Waals surface area contributed by atoms with E-state index in [4.69, 9.17) is 4.43 Å². The fourth-order valence-electron chi connectivity index (χ4n) is 4.04. The van der Waals surface area contributed by atoms with Gasteiger partial charge < -0.3 is 9.74 Å². The zero-order chi connectivity index (χ0) is 21.9. The van der Waals surface area contributed by atoms with Gasteiger partial charge in [0.15, 0.2) is 5.78 Å². The van der Waals surface area contributed by atoms with Gasteiger partial charge in [-0.05, 0) is 48.7 Å². The largest absolute Gasteiger partial charge is 0.542 e. The van der Waals surface area contributed by atoms with Crippen molar-refractivity contribution >= 4 is 19.8 Å². The number of nitrogens with one attached hydrogen (secondary N) is 1. The van der Waals surface area contributed by atoms with Crippen molar-refractivity contribution in [2.45, 2.75) is 71.0 Å². The summed E-state index contributed by atoms with van der Waals surface area (Å²) < 4.78 is 6.70. The predicted octanol–water partition coefficient (Wildman–Crippen LogP) is 7.54. The number of Topliss-reactive ketones (excluding diaryl/α,β-unsaturated/α-hetero) is 1. The summed E-state index contributed by atoms with van der Waals surface area (Å²) in [6.07, 6.45) is 5.57. The van der Waals surface area contributed by atoms with Gasteiger partial charge in [0.2, 0.25) is 0 Å². The van der Waals surface area contributed by atoms with Gasteiger partial charge >= 0.3 is 0 Å². The van der Waals surface area contributed by atoms with Gasteiger partial charge in [0.05, 0.1) is 5.69 Å². The van der Waals surface area contributed by atoms with E-state index in [0.29, 0.717) is 0 Å². The van der Waals surface area contributed by atoms with E-state index in [9.17, 15) is 4.79 Å². The van der Waals surface area contributed by atoms with Gasteiger partial charge in [-0.2, -0.15) is 0 Å². The van der Waals surface area contributed by atoms with Crippen LogP contribution in [0.3, 0.4) is 0 Å². The fourth-order valence-corrected chi connectivity index (χ4v) is 5.07. The van der Waals surface area contributed by atoms with E-state index in [1.807, 2.05) is 37.4 Å². The van der Waals surface area contributed by atoms with E-state index >= 15 is 0 Å². The lowest BCUT2D eigenvalue weighted by Gasteiger charge is -2.37. The molecule has 0 bridgehead atoms. The summed E-state index contributed by atoms with van der Waals surface area (Å²) in [6, 6.07) is 14.3. The molecule has 1 aliphatic rings. The SMILES string of the molecule is CNc1c(O[Si](C)(C)C(C)(C)C)ccc(C(=O)C2CCCCC2)c1-c1ccccc1. The molecule has 0 saturated heterocycles. The molecule has 2 aromatic carbocycles. The summed E-state index contributed by atoms with van der Waals surface area (Å²) in [4.78, 5) is 13.6. The van der Waals surface area contributed by atoms with Gasteiger partial charge in [-0.15, -0.1) is 0 Å². The van der Waals surface area contributed by atoms with Crippen molar-refractivity contribution in [3.8, 4) is 16.9 Å². The second-order valence-electron chi connectivity index (χ2n) is 10.0. The summed E-state index contributed by atoms with van der Waals surface area (Å²) in [5.74, 6) is 1.27. The number of benzene rings is 2. The van der Waals surface area contributed by atoms with Gasteiger partial charge in [-0.25, -0.2) is 0 Å². The number of hydrogen-bond acceptors (Lipinski definition) is 3. The van der Waals surface area contributed by atoms with Gasteiger partial charge in [0.25, 0.3) is 8.32 Å². The van der Waals surface area contributed by atoms with Crippen LogP contribution in [0, 0.1) is 5.92 Å². The molecule has 3 nitrogen and oxygen atoms in total. The Morgan fingerprint density at radius 1 is 1.00 bits per heavy atom. The maximum Gasteiger partial charge on any atom is 0.250 e. The second-order valence-corrected chi connectivity index (χ2v) is 14.8. The summed E-state index contributed by atoms with van der Waals surface area (Å²) in [5.41, 5.74) is 3.78. The molecule has 1 N–H and O–H groups in total. The molecule has 0 aromatic heterocycles. The van der Waals surface area contributed by atoms with Crippen LogP contribution in [-0.4, -0.2) is 21.1 Å². The molecular weight excluding hydrogens is 386 g/mol. The minimum Gasteiger partial charge on any atom is -0.542 e. The number of carbonyl (C=O) groups excluding carboxylic acids is 1. The van der Waals surface area contributed by atoms with Crippen molar-refractivity contribution in [3.63, 3.8) is 0 Å². The van der Waals surface area contributed by atoms with Crippen LogP contribution in [-0.2, 0) is 0 Å². The molecule has 0 unspecified atom stereocenters. The molecule has 162 valence electrons. The summed E-state index contributed by atoms with van der Waals surface area (Å²) in [6.45, 7) is 11.3. The van der Waals surface area contributed by atoms with E-state index in [-0.39, 0.29) is 16.7 Å². The van der Waals surface area contributed by atoms with E-state index in [2.05, 4.69) is 51.3 Å². The highest BCUT2D eigenvalue weighted by Gasteiger charge is 2.40. The number of hydrogen-bond donors (Lipinski definition) is 1. The average Bonchev–Trinajstić information content (AvgIpc) is 2.73. The molecule has 1 saturated carbocycles. The molecule has 3 rings (SSSR count). The maximum atomic E-state index is 13.6. The zero-order valence-corrected chi connectivity index (χ0v) is 20.5. The quantitative estimate of drug-likeness (QED) is 0.385. The number of anilines is 1. The monoisotopic (exact) mass is 423 g/mol. The van der Waals surface area contributed by atoms with Crippen molar-refractivity contribution in [2.24, 2.45) is 5.92 Å². The first-order valence-corrected chi connectivity index (χ1v) is 14.2. The lowest BCUT2D eigenvalue weighted by atomic mass is 9.81. The summed E-state index contributed by atoms with van der Waals surface area (Å²) >= 11 is 0. The summed E-state index contributed by atoms with van der Waals surface area (Å²) in [7, 11) is -0.0933. The Balaban J connectivity index is 2.13. The van der Waals surface area contributed by atoms with Gasteiger partial charge in [0.1, 0.15) is 5.75 Å². The molecule has 0 amide bonds. The van der Waals surface area contributed by atoms with Crippen molar-refractivity contribution < 1.29 is 9.22 Å². The Kier molecular flexibility index (Phi) is 6.76. The first-order chi connectivity index (χ1) is 14.2. The van der Waals surface area contributed by atoms with Crippen molar-refractivity contribution in [3.05, 3.63) is 48.0 Å². The molecule has 0 radical (unpaired) electrons. The van der Waals surface area contributed by atoms with E-state index in [1.165, 1.54) is 6.42 Å². The average molecular weight is 424 g/mol. The highest BCUT2D eigenvalue weighted by molar-refractivity contribution is 6.74. The molecule has 1 fully saturated rings. The van der Waals surface area contributed by atoms with Crippen LogP contribution in [0.4, 0.5) is 5.69 Å². The minimum atomic E-state index is -2.02. The normalized spacial score (nSPS) is 15.7. The zero-order valence-electron chi connectivity index (χ0n) is 19.5. The minimum absolute atomic E-state index is 0.0987. The predicted molar refractivity (Wildman–Crippen MR) is 130 cm³/mol. The molecule has 30 heavy (non-hydrogen) atoms. The molecule has 0 spiro atoms. The molecule has 0 atom stereocenters. The van der Waals surface area contributed by atoms with Crippen molar-refractivity contribution in [1.29, 1.82) is 0 Å². The maximum absolute atomic E-state index is 13.6. The van der Waals surface area contributed by atoms with Crippen LogP contribution >= 0.6 is 0 Å². The number of carbonyl (C=O) groups is 1. The van der Waals surface area contributed by atoms with Crippen molar-refractivity contribution in [2.75, 3.05) is 12.4 Å². The molecular formula is C26H37NO2Si. The lowest BCUT2D eigenvalue weighted by molar-refractivity contribution is 0.0890. The Morgan fingerprint density at radius 3 is 2.20 bits per heavy atom. The Morgan fingerprint density at radius 2 is 1.63 bits per heavy atom. The van der Waals surface area contributed by atoms with E-state index in [0.717, 1.165) is 53.8 Å². The van der Waals surface area contributed by atoms with E-state index < -0.39 is 8.32 Å². The molecule has 0 aliphatic heterocycles. The smallest absolute Gasteiger partial charge is 0.250 e. The van der Waals surface area contributed by atoms with Crippen molar-refractivity contribution in [1.82, 2.24) is 0 Å². The first-order valence-electron chi connectivity index (χ1n) is 11.3. The molecule has 0 heterocycles. The second kappa shape index (κ2) is 8.97. The Hall–Kier alpha value is -2.07. The Labute approximate surface area is 183 Å². The van der Waals surface area contributed by atoms with Gasteiger partial charge in [0, 0.05) is 24.1 Å². The first kappa shape index (κ1) is 22.6. The van der Waals surface area contributed by atoms with Crippen LogP contribution in [0.1, 0.15) is 63.2 Å². The molecule has 2 aromatic rings. The van der Waals surface area contributed by atoms with Crippen LogP contribution in [0.25, 0.3) is 11.1 Å². The Bertz CT molecular complexity index is 878. The van der Waals surface area contributed by atoms with E-state index in [1.54, 1.807) is 0 Å².